The minimum Gasteiger partial charge on any atom is -0.457 e. The van der Waals surface area contributed by atoms with Crippen molar-refractivity contribution in [1.29, 1.82) is 0 Å². The first-order chi connectivity index (χ1) is 14.4. The van der Waals surface area contributed by atoms with E-state index in [-0.39, 0.29) is 18.4 Å². The van der Waals surface area contributed by atoms with Gasteiger partial charge in [0.1, 0.15) is 11.5 Å². The second-order valence-electron chi connectivity index (χ2n) is 6.76. The quantitative estimate of drug-likeness (QED) is 0.589. The molecule has 0 spiro atoms. The molecule has 1 heterocycles. The van der Waals surface area contributed by atoms with Crippen LogP contribution in [-0.4, -0.2) is 28.1 Å². The Morgan fingerprint density at radius 3 is 2.50 bits per heavy atom. The molecule has 0 bridgehead atoms. The van der Waals surface area contributed by atoms with E-state index in [4.69, 9.17) is 4.74 Å². The van der Waals surface area contributed by atoms with Crippen molar-refractivity contribution in [2.75, 3.05) is 11.9 Å². The number of rotatable bonds is 7. The lowest BCUT2D eigenvalue weighted by molar-refractivity contribution is -0.121. The van der Waals surface area contributed by atoms with E-state index in [1.807, 2.05) is 75.5 Å². The summed E-state index contributed by atoms with van der Waals surface area (Å²) in [6, 6.07) is 16.8. The van der Waals surface area contributed by atoms with Gasteiger partial charge in [0, 0.05) is 13.1 Å². The van der Waals surface area contributed by atoms with Gasteiger partial charge in [-0.1, -0.05) is 30.3 Å². The van der Waals surface area contributed by atoms with Crippen LogP contribution in [0.4, 0.5) is 5.69 Å². The molecule has 0 saturated heterocycles. The lowest BCUT2D eigenvalue weighted by atomic mass is 10.2. The molecule has 2 N–H and O–H groups in total. The number of aryl methyl sites for hydroxylation is 2. The van der Waals surface area contributed by atoms with Gasteiger partial charge < -0.3 is 15.4 Å². The molecule has 0 aliphatic heterocycles. The number of aromatic nitrogens is 2. The van der Waals surface area contributed by atoms with Crippen LogP contribution < -0.4 is 15.4 Å². The number of hydrogen-bond acceptors (Lipinski definition) is 4. The number of ether oxygens (including phenoxy) is 1. The second-order valence-corrected chi connectivity index (χ2v) is 6.76. The van der Waals surface area contributed by atoms with Crippen molar-refractivity contribution in [3.63, 3.8) is 0 Å². The molecule has 0 fully saturated rings. The minimum atomic E-state index is -0.362. The Kier molecular flexibility index (Phi) is 6.64. The molecule has 2 amide bonds. The van der Waals surface area contributed by atoms with Gasteiger partial charge in [0.15, 0.2) is 0 Å². The molecule has 0 atom stereocenters. The summed E-state index contributed by atoms with van der Waals surface area (Å²) in [5.41, 5.74) is 3.06. The molecule has 7 nitrogen and oxygen atoms in total. The van der Waals surface area contributed by atoms with Crippen molar-refractivity contribution in [2.24, 2.45) is 7.05 Å². The van der Waals surface area contributed by atoms with E-state index < -0.39 is 0 Å². The standard InChI is InChI=1S/C23H24N4O3/c1-16-23(17(2)27(3)26-16)25-22(29)15-24-21(28)13-12-18-8-7-11-20(14-18)30-19-9-5-4-6-10-19/h4-14H,15H2,1-3H3,(H,24,28)(H,25,29)/b13-12+. The molecule has 154 valence electrons. The molecule has 3 aromatic rings. The largest absolute Gasteiger partial charge is 0.457 e. The van der Waals surface area contributed by atoms with Crippen molar-refractivity contribution < 1.29 is 14.3 Å². The third-order valence-electron chi connectivity index (χ3n) is 4.46. The van der Waals surface area contributed by atoms with Gasteiger partial charge in [-0.05, 0) is 49.8 Å². The van der Waals surface area contributed by atoms with Gasteiger partial charge in [-0.3, -0.25) is 14.3 Å². The molecule has 3 rings (SSSR count). The Morgan fingerprint density at radius 2 is 1.80 bits per heavy atom. The van der Waals surface area contributed by atoms with Gasteiger partial charge >= 0.3 is 0 Å². The highest BCUT2D eigenvalue weighted by molar-refractivity contribution is 5.98. The number of amides is 2. The summed E-state index contributed by atoms with van der Waals surface area (Å²) in [5, 5.41) is 9.61. The summed E-state index contributed by atoms with van der Waals surface area (Å²) >= 11 is 0. The Labute approximate surface area is 175 Å². The Morgan fingerprint density at radius 1 is 1.07 bits per heavy atom. The molecule has 0 saturated carbocycles. The zero-order valence-electron chi connectivity index (χ0n) is 17.2. The molecular weight excluding hydrogens is 380 g/mol. The number of carbonyl (C=O) groups is 2. The van der Waals surface area contributed by atoms with Crippen LogP contribution >= 0.6 is 0 Å². The molecule has 0 aliphatic rings. The fourth-order valence-electron chi connectivity index (χ4n) is 2.84. The Bertz CT molecular complexity index is 1070. The smallest absolute Gasteiger partial charge is 0.244 e. The van der Waals surface area contributed by atoms with Crippen LogP contribution in [0.2, 0.25) is 0 Å². The molecule has 7 heteroatoms. The van der Waals surface area contributed by atoms with Crippen LogP contribution in [0.5, 0.6) is 11.5 Å². The maximum Gasteiger partial charge on any atom is 0.244 e. The van der Waals surface area contributed by atoms with E-state index in [1.165, 1.54) is 6.08 Å². The highest BCUT2D eigenvalue weighted by Gasteiger charge is 2.12. The predicted molar refractivity (Wildman–Crippen MR) is 116 cm³/mol. The highest BCUT2D eigenvalue weighted by atomic mass is 16.5. The number of para-hydroxylation sites is 1. The van der Waals surface area contributed by atoms with E-state index in [0.717, 1.165) is 22.7 Å². The van der Waals surface area contributed by atoms with Crippen molar-refractivity contribution in [1.82, 2.24) is 15.1 Å². The number of hydrogen-bond donors (Lipinski definition) is 2. The normalized spacial score (nSPS) is 10.8. The average Bonchev–Trinajstić information content (AvgIpc) is 2.98. The summed E-state index contributed by atoms with van der Waals surface area (Å²) in [5.74, 6) is 0.736. The molecule has 0 aliphatic carbocycles. The SMILES string of the molecule is Cc1nn(C)c(C)c1NC(=O)CNC(=O)/C=C/c1cccc(Oc2ccccc2)c1. The third-order valence-corrected chi connectivity index (χ3v) is 4.46. The summed E-state index contributed by atoms with van der Waals surface area (Å²) in [6.45, 7) is 3.56. The number of nitrogens with zero attached hydrogens (tertiary/aromatic N) is 2. The van der Waals surface area contributed by atoms with Gasteiger partial charge in [-0.25, -0.2) is 0 Å². The van der Waals surface area contributed by atoms with E-state index >= 15 is 0 Å². The van der Waals surface area contributed by atoms with Crippen LogP contribution in [-0.2, 0) is 16.6 Å². The van der Waals surface area contributed by atoms with Crippen molar-refractivity contribution in [2.45, 2.75) is 13.8 Å². The molecular formula is C23H24N4O3. The monoisotopic (exact) mass is 404 g/mol. The van der Waals surface area contributed by atoms with E-state index in [1.54, 1.807) is 10.8 Å². The van der Waals surface area contributed by atoms with Gasteiger partial charge in [0.2, 0.25) is 11.8 Å². The number of benzene rings is 2. The molecule has 2 aromatic carbocycles. The first-order valence-electron chi connectivity index (χ1n) is 9.51. The zero-order chi connectivity index (χ0) is 21.5. The first-order valence-corrected chi connectivity index (χ1v) is 9.51. The van der Waals surface area contributed by atoms with Crippen LogP contribution in [0.1, 0.15) is 17.0 Å². The van der Waals surface area contributed by atoms with Gasteiger partial charge in [-0.15, -0.1) is 0 Å². The maximum atomic E-state index is 12.1. The molecule has 1 aromatic heterocycles. The van der Waals surface area contributed by atoms with Gasteiger partial charge in [0.25, 0.3) is 0 Å². The number of carbonyl (C=O) groups excluding carboxylic acids is 2. The van der Waals surface area contributed by atoms with Gasteiger partial charge in [-0.2, -0.15) is 5.10 Å². The first kappa shape index (κ1) is 20.9. The number of anilines is 1. The second kappa shape index (κ2) is 9.56. The van der Waals surface area contributed by atoms with Crippen molar-refractivity contribution >= 4 is 23.6 Å². The van der Waals surface area contributed by atoms with Crippen LogP contribution in [0.15, 0.2) is 60.7 Å². The van der Waals surface area contributed by atoms with E-state index in [2.05, 4.69) is 15.7 Å². The average molecular weight is 404 g/mol. The summed E-state index contributed by atoms with van der Waals surface area (Å²) in [7, 11) is 1.81. The van der Waals surface area contributed by atoms with Gasteiger partial charge in [0.05, 0.1) is 23.6 Å². The third kappa shape index (κ3) is 5.57. The van der Waals surface area contributed by atoms with Crippen LogP contribution in [0.3, 0.4) is 0 Å². The zero-order valence-corrected chi connectivity index (χ0v) is 17.2. The number of nitrogens with one attached hydrogen (secondary N) is 2. The topological polar surface area (TPSA) is 85.3 Å². The lowest BCUT2D eigenvalue weighted by Crippen LogP contribution is -2.31. The lowest BCUT2D eigenvalue weighted by Gasteiger charge is -2.07. The summed E-state index contributed by atoms with van der Waals surface area (Å²) in [4.78, 5) is 24.2. The molecule has 30 heavy (non-hydrogen) atoms. The summed E-state index contributed by atoms with van der Waals surface area (Å²) in [6.07, 6.45) is 3.05. The predicted octanol–water partition coefficient (Wildman–Crippen LogP) is 3.60. The molecule has 0 unspecified atom stereocenters. The van der Waals surface area contributed by atoms with E-state index in [0.29, 0.717) is 11.4 Å². The van der Waals surface area contributed by atoms with Crippen molar-refractivity contribution in [3.05, 3.63) is 77.6 Å². The highest BCUT2D eigenvalue weighted by Crippen LogP contribution is 2.22. The van der Waals surface area contributed by atoms with Crippen LogP contribution in [0.25, 0.3) is 6.08 Å². The minimum absolute atomic E-state index is 0.131. The Hall–Kier alpha value is -3.87. The van der Waals surface area contributed by atoms with Crippen molar-refractivity contribution in [3.8, 4) is 11.5 Å². The van der Waals surface area contributed by atoms with E-state index in [9.17, 15) is 9.59 Å². The fourth-order valence-corrected chi connectivity index (χ4v) is 2.84. The fraction of sp³-hybridized carbons (Fsp3) is 0.174. The Balaban J connectivity index is 1.52. The van der Waals surface area contributed by atoms with Crippen LogP contribution in [0, 0.1) is 13.8 Å². The molecule has 0 radical (unpaired) electrons. The maximum absolute atomic E-state index is 12.1. The summed E-state index contributed by atoms with van der Waals surface area (Å²) < 4.78 is 7.48.